The molecule has 0 unspecified atom stereocenters. The molecule has 0 aliphatic carbocycles. The fraction of sp³-hybridized carbons (Fsp3) is 0.238. The van der Waals surface area contributed by atoms with Crippen molar-refractivity contribution >= 4 is 29.8 Å². The Balaban J connectivity index is 0.00000280. The summed E-state index contributed by atoms with van der Waals surface area (Å²) in [7, 11) is 0. The van der Waals surface area contributed by atoms with E-state index in [0.717, 1.165) is 16.0 Å². The zero-order valence-corrected chi connectivity index (χ0v) is 17.0. The maximum Gasteiger partial charge on any atom is 0.407 e. The third kappa shape index (κ3) is 6.96. The monoisotopic (exact) mass is 417 g/mol. The molecule has 1 aromatic heterocycles. The van der Waals surface area contributed by atoms with Crippen molar-refractivity contribution in [3.63, 3.8) is 0 Å². The lowest BCUT2D eigenvalue weighted by atomic mass is 9.95. The maximum absolute atomic E-state index is 12.3. The van der Waals surface area contributed by atoms with E-state index in [2.05, 4.69) is 10.3 Å². The number of halogens is 1. The van der Waals surface area contributed by atoms with Crippen molar-refractivity contribution in [2.75, 3.05) is 0 Å². The van der Waals surface area contributed by atoms with E-state index in [-0.39, 0.29) is 31.1 Å². The molecule has 0 radical (unpaired) electrons. The number of amides is 1. The average molecular weight is 418 g/mol. The summed E-state index contributed by atoms with van der Waals surface area (Å²) < 4.78 is 5.32. The van der Waals surface area contributed by atoms with Gasteiger partial charge in [-0.25, -0.2) is 4.79 Å². The standard InChI is InChI=1S/C21H23N3O2S.ClH/c22-19(11-16-7-3-1-4-8-16)20(12-17-9-5-2-6-10-17)24-21(25)26-14-18-13-23-15-27-18;/h1-10,13,15,19-20H,11-12,14,22H2,(H,24,25);1H/t19-,20-;/m0./s1. The Labute approximate surface area is 175 Å². The number of ether oxygens (including phenoxy) is 1. The Kier molecular flexibility index (Phi) is 8.94. The minimum absolute atomic E-state index is 0. The molecule has 5 nitrogen and oxygen atoms in total. The molecule has 0 bridgehead atoms. The molecule has 7 heteroatoms. The number of benzene rings is 2. The molecular weight excluding hydrogens is 394 g/mol. The second-order valence-electron chi connectivity index (χ2n) is 6.34. The number of rotatable bonds is 8. The van der Waals surface area contributed by atoms with Gasteiger partial charge in [0, 0.05) is 12.2 Å². The van der Waals surface area contributed by atoms with Gasteiger partial charge in [-0.15, -0.1) is 23.7 Å². The smallest absolute Gasteiger partial charge is 0.407 e. The first-order valence-electron chi connectivity index (χ1n) is 8.85. The molecule has 0 saturated carbocycles. The third-order valence-corrected chi connectivity index (χ3v) is 5.01. The number of hydrogen-bond donors (Lipinski definition) is 2. The van der Waals surface area contributed by atoms with E-state index in [1.54, 1.807) is 11.7 Å². The van der Waals surface area contributed by atoms with Crippen LogP contribution in [0.4, 0.5) is 4.79 Å². The number of nitrogens with two attached hydrogens (primary N) is 1. The van der Waals surface area contributed by atoms with Crippen LogP contribution in [-0.4, -0.2) is 23.2 Å². The summed E-state index contributed by atoms with van der Waals surface area (Å²) in [6.07, 6.45) is 2.55. The van der Waals surface area contributed by atoms with Gasteiger partial charge < -0.3 is 15.8 Å². The highest BCUT2D eigenvalue weighted by atomic mass is 35.5. The lowest BCUT2D eigenvalue weighted by Gasteiger charge is -2.25. The molecule has 0 aliphatic rings. The summed E-state index contributed by atoms with van der Waals surface area (Å²) in [6.45, 7) is 0.211. The van der Waals surface area contributed by atoms with Gasteiger partial charge in [-0.1, -0.05) is 60.7 Å². The molecule has 0 fully saturated rings. The van der Waals surface area contributed by atoms with Gasteiger partial charge in [0.15, 0.2) is 0 Å². The second-order valence-corrected chi connectivity index (χ2v) is 7.31. The molecule has 3 aromatic rings. The topological polar surface area (TPSA) is 77.2 Å². The minimum atomic E-state index is -0.465. The molecule has 2 aromatic carbocycles. The Morgan fingerprint density at radius 1 is 1.04 bits per heavy atom. The van der Waals surface area contributed by atoms with Crippen LogP contribution in [0.1, 0.15) is 16.0 Å². The van der Waals surface area contributed by atoms with Crippen LogP contribution in [0, 0.1) is 0 Å². The van der Waals surface area contributed by atoms with Crippen molar-refractivity contribution in [3.05, 3.63) is 88.4 Å². The predicted molar refractivity (Wildman–Crippen MR) is 115 cm³/mol. The fourth-order valence-electron chi connectivity index (χ4n) is 2.85. The van der Waals surface area contributed by atoms with Gasteiger partial charge in [0.05, 0.1) is 16.4 Å². The molecule has 0 spiro atoms. The van der Waals surface area contributed by atoms with Gasteiger partial charge in [-0.3, -0.25) is 4.98 Å². The highest BCUT2D eigenvalue weighted by Crippen LogP contribution is 2.11. The van der Waals surface area contributed by atoms with Gasteiger partial charge in [-0.05, 0) is 24.0 Å². The van der Waals surface area contributed by atoms with Crippen molar-refractivity contribution in [2.45, 2.75) is 31.5 Å². The van der Waals surface area contributed by atoms with E-state index in [4.69, 9.17) is 10.5 Å². The van der Waals surface area contributed by atoms with Gasteiger partial charge in [0.2, 0.25) is 0 Å². The number of hydrogen-bond acceptors (Lipinski definition) is 5. The van der Waals surface area contributed by atoms with Crippen LogP contribution in [-0.2, 0) is 24.2 Å². The Morgan fingerprint density at radius 3 is 2.21 bits per heavy atom. The molecule has 28 heavy (non-hydrogen) atoms. The number of nitrogens with one attached hydrogen (secondary N) is 1. The van der Waals surface area contributed by atoms with Crippen molar-refractivity contribution in [3.8, 4) is 0 Å². The Morgan fingerprint density at radius 2 is 1.64 bits per heavy atom. The number of alkyl carbamates (subject to hydrolysis) is 1. The van der Waals surface area contributed by atoms with E-state index in [9.17, 15) is 4.79 Å². The van der Waals surface area contributed by atoms with E-state index >= 15 is 0 Å². The number of carbonyl (C=O) groups excluding carboxylic acids is 1. The minimum Gasteiger partial charge on any atom is -0.444 e. The number of thiazole rings is 1. The molecule has 148 valence electrons. The van der Waals surface area contributed by atoms with Crippen molar-refractivity contribution < 1.29 is 9.53 Å². The summed E-state index contributed by atoms with van der Waals surface area (Å²) in [6, 6.07) is 19.6. The SMILES string of the molecule is Cl.N[C@@H](Cc1ccccc1)[C@H](Cc1ccccc1)NC(=O)OCc1cncs1. The Hall–Kier alpha value is -2.41. The first kappa shape index (κ1) is 21.9. The molecule has 3 N–H and O–H groups in total. The molecule has 1 amide bonds. The summed E-state index contributed by atoms with van der Waals surface area (Å²) in [5.74, 6) is 0. The van der Waals surface area contributed by atoms with Crippen LogP contribution in [0.2, 0.25) is 0 Å². The number of aromatic nitrogens is 1. The maximum atomic E-state index is 12.3. The molecule has 2 atom stereocenters. The summed E-state index contributed by atoms with van der Waals surface area (Å²) in [4.78, 5) is 17.2. The molecule has 3 rings (SSSR count). The van der Waals surface area contributed by atoms with E-state index in [1.807, 2.05) is 60.7 Å². The molecular formula is C21H24ClN3O2S. The van der Waals surface area contributed by atoms with Gasteiger partial charge in [0.25, 0.3) is 0 Å². The predicted octanol–water partition coefficient (Wildman–Crippen LogP) is 3.97. The van der Waals surface area contributed by atoms with Crippen molar-refractivity contribution in [1.82, 2.24) is 10.3 Å². The van der Waals surface area contributed by atoms with Crippen LogP contribution in [0.25, 0.3) is 0 Å². The number of carbonyl (C=O) groups is 1. The second kappa shape index (κ2) is 11.4. The molecule has 1 heterocycles. The highest BCUT2D eigenvalue weighted by molar-refractivity contribution is 7.09. The Bertz CT molecular complexity index is 816. The largest absolute Gasteiger partial charge is 0.444 e. The van der Waals surface area contributed by atoms with Crippen LogP contribution >= 0.6 is 23.7 Å². The van der Waals surface area contributed by atoms with Crippen molar-refractivity contribution in [1.29, 1.82) is 0 Å². The highest BCUT2D eigenvalue weighted by Gasteiger charge is 2.22. The first-order valence-corrected chi connectivity index (χ1v) is 9.73. The lowest BCUT2D eigenvalue weighted by Crippen LogP contribution is -2.50. The van der Waals surface area contributed by atoms with E-state index in [1.165, 1.54) is 11.3 Å². The van der Waals surface area contributed by atoms with Gasteiger partial charge >= 0.3 is 6.09 Å². The summed E-state index contributed by atoms with van der Waals surface area (Å²) in [5, 5.41) is 2.95. The normalized spacial score (nSPS) is 12.5. The number of nitrogens with zero attached hydrogens (tertiary/aromatic N) is 1. The lowest BCUT2D eigenvalue weighted by molar-refractivity contribution is 0.135. The molecule has 0 aliphatic heterocycles. The summed E-state index contributed by atoms with van der Waals surface area (Å²) >= 11 is 1.45. The zero-order chi connectivity index (χ0) is 18.9. The van der Waals surface area contributed by atoms with Gasteiger partial charge in [-0.2, -0.15) is 0 Å². The average Bonchev–Trinajstić information content (AvgIpc) is 3.21. The van der Waals surface area contributed by atoms with Crippen LogP contribution < -0.4 is 11.1 Å². The van der Waals surface area contributed by atoms with Crippen LogP contribution in [0.5, 0.6) is 0 Å². The van der Waals surface area contributed by atoms with E-state index < -0.39 is 6.09 Å². The van der Waals surface area contributed by atoms with Crippen LogP contribution in [0.15, 0.2) is 72.4 Å². The fourth-order valence-corrected chi connectivity index (χ4v) is 3.35. The summed E-state index contributed by atoms with van der Waals surface area (Å²) in [5.41, 5.74) is 10.4. The van der Waals surface area contributed by atoms with E-state index in [0.29, 0.717) is 12.8 Å². The van der Waals surface area contributed by atoms with Crippen LogP contribution in [0.3, 0.4) is 0 Å². The quantitative estimate of drug-likeness (QED) is 0.581. The van der Waals surface area contributed by atoms with Crippen molar-refractivity contribution in [2.24, 2.45) is 5.73 Å². The van der Waals surface area contributed by atoms with Gasteiger partial charge in [0.1, 0.15) is 6.61 Å². The first-order chi connectivity index (χ1) is 13.2. The molecule has 0 saturated heterocycles. The zero-order valence-electron chi connectivity index (χ0n) is 15.4. The third-order valence-electron chi connectivity index (χ3n) is 4.26.